The van der Waals surface area contributed by atoms with Crippen LogP contribution in [0.2, 0.25) is 0 Å². The van der Waals surface area contributed by atoms with Crippen molar-refractivity contribution in [2.45, 2.75) is 33.2 Å². The van der Waals surface area contributed by atoms with Crippen LogP contribution in [0.1, 0.15) is 28.2 Å². The van der Waals surface area contributed by atoms with Crippen molar-refractivity contribution in [3.8, 4) is 0 Å². The Morgan fingerprint density at radius 2 is 1.92 bits per heavy atom. The van der Waals surface area contributed by atoms with Gasteiger partial charge in [-0.15, -0.1) is 0 Å². The highest BCUT2D eigenvalue weighted by atomic mass is 15.1. The molecule has 0 saturated heterocycles. The number of hydrogen-bond donors (Lipinski definition) is 1. The van der Waals surface area contributed by atoms with Crippen LogP contribution >= 0.6 is 0 Å². The molecular formula is C21H22N4. The third-order valence-electron chi connectivity index (χ3n) is 4.73. The van der Waals surface area contributed by atoms with Gasteiger partial charge in [0, 0.05) is 19.2 Å². The van der Waals surface area contributed by atoms with Gasteiger partial charge in [-0.2, -0.15) is 0 Å². The van der Waals surface area contributed by atoms with Crippen LogP contribution < -0.4 is 0 Å². The molecule has 0 fully saturated rings. The lowest BCUT2D eigenvalue weighted by Crippen LogP contribution is -2.08. The molecule has 0 unspecified atom stereocenters. The van der Waals surface area contributed by atoms with Crippen molar-refractivity contribution in [2.75, 3.05) is 0 Å². The summed E-state index contributed by atoms with van der Waals surface area (Å²) in [4.78, 5) is 12.2. The van der Waals surface area contributed by atoms with E-state index in [1.807, 2.05) is 6.20 Å². The van der Waals surface area contributed by atoms with Gasteiger partial charge in [0.1, 0.15) is 5.82 Å². The maximum atomic E-state index is 4.89. The Kier molecular flexibility index (Phi) is 4.10. The molecule has 0 saturated carbocycles. The summed E-state index contributed by atoms with van der Waals surface area (Å²) in [6, 6.07) is 15.0. The summed E-state index contributed by atoms with van der Waals surface area (Å²) in [5.41, 5.74) is 7.30. The largest absolute Gasteiger partial charge is 0.351 e. The predicted molar refractivity (Wildman–Crippen MR) is 101 cm³/mol. The monoisotopic (exact) mass is 330 g/mol. The van der Waals surface area contributed by atoms with Gasteiger partial charge < -0.3 is 9.55 Å². The molecule has 4 rings (SSSR count). The minimum Gasteiger partial charge on any atom is -0.351 e. The highest BCUT2D eigenvalue weighted by Crippen LogP contribution is 2.21. The van der Waals surface area contributed by atoms with Crippen molar-refractivity contribution in [2.24, 2.45) is 0 Å². The second-order valence-corrected chi connectivity index (χ2v) is 6.59. The van der Waals surface area contributed by atoms with E-state index in [1.54, 1.807) is 6.33 Å². The van der Waals surface area contributed by atoms with Gasteiger partial charge in [0.05, 0.1) is 23.1 Å². The maximum Gasteiger partial charge on any atom is 0.110 e. The number of imidazole rings is 2. The van der Waals surface area contributed by atoms with Crippen LogP contribution in [0, 0.1) is 13.8 Å². The van der Waals surface area contributed by atoms with Crippen LogP contribution in [0.3, 0.4) is 0 Å². The summed E-state index contributed by atoms with van der Waals surface area (Å²) in [6.07, 6.45) is 5.45. The van der Waals surface area contributed by atoms with Gasteiger partial charge >= 0.3 is 0 Å². The number of hydrogen-bond acceptors (Lipinski definition) is 2. The zero-order valence-electron chi connectivity index (χ0n) is 14.7. The van der Waals surface area contributed by atoms with Gasteiger partial charge in [-0.05, 0) is 43.5 Å². The quantitative estimate of drug-likeness (QED) is 0.596. The lowest BCUT2D eigenvalue weighted by atomic mass is 10.1. The zero-order valence-corrected chi connectivity index (χ0v) is 14.7. The SMILES string of the molecule is Cc1ccc(C)c(Cn2c(CCc3c[nH]cn3)nc3ccccc32)c1. The van der Waals surface area contributed by atoms with Crippen LogP contribution in [0.4, 0.5) is 0 Å². The molecule has 4 heteroatoms. The number of H-pyrrole nitrogens is 1. The lowest BCUT2D eigenvalue weighted by molar-refractivity contribution is 0.723. The van der Waals surface area contributed by atoms with E-state index in [9.17, 15) is 0 Å². The van der Waals surface area contributed by atoms with E-state index in [0.29, 0.717) is 0 Å². The van der Waals surface area contributed by atoms with Gasteiger partial charge in [-0.25, -0.2) is 9.97 Å². The van der Waals surface area contributed by atoms with Gasteiger partial charge in [0.2, 0.25) is 0 Å². The number of fused-ring (bicyclic) bond motifs is 1. The molecule has 0 aliphatic rings. The van der Waals surface area contributed by atoms with Crippen LogP contribution in [-0.2, 0) is 19.4 Å². The van der Waals surface area contributed by atoms with Crippen molar-refractivity contribution in [3.63, 3.8) is 0 Å². The molecule has 0 radical (unpaired) electrons. The molecule has 25 heavy (non-hydrogen) atoms. The van der Waals surface area contributed by atoms with E-state index in [0.717, 1.165) is 36.4 Å². The molecule has 4 aromatic rings. The summed E-state index contributed by atoms with van der Waals surface area (Å²) in [5, 5.41) is 0. The molecule has 4 nitrogen and oxygen atoms in total. The Bertz CT molecular complexity index is 996. The molecule has 0 spiro atoms. The van der Waals surface area contributed by atoms with E-state index < -0.39 is 0 Å². The topological polar surface area (TPSA) is 46.5 Å². The number of benzene rings is 2. The summed E-state index contributed by atoms with van der Waals surface area (Å²) < 4.78 is 2.35. The molecule has 2 aromatic carbocycles. The van der Waals surface area contributed by atoms with E-state index in [4.69, 9.17) is 4.98 Å². The minimum atomic E-state index is 0.851. The molecule has 2 heterocycles. The Labute approximate surface area is 147 Å². The fourth-order valence-electron chi connectivity index (χ4n) is 3.30. The summed E-state index contributed by atoms with van der Waals surface area (Å²) >= 11 is 0. The van der Waals surface area contributed by atoms with Crippen LogP contribution in [0.25, 0.3) is 11.0 Å². The lowest BCUT2D eigenvalue weighted by Gasteiger charge is -2.12. The van der Waals surface area contributed by atoms with Crippen molar-refractivity contribution in [3.05, 3.63) is 83.2 Å². The minimum absolute atomic E-state index is 0.851. The van der Waals surface area contributed by atoms with Gasteiger partial charge in [-0.3, -0.25) is 0 Å². The fourth-order valence-corrected chi connectivity index (χ4v) is 3.30. The first-order valence-electron chi connectivity index (χ1n) is 8.68. The summed E-state index contributed by atoms with van der Waals surface area (Å²) in [7, 11) is 0. The van der Waals surface area contributed by atoms with Crippen molar-refractivity contribution >= 4 is 11.0 Å². The highest BCUT2D eigenvalue weighted by Gasteiger charge is 2.12. The maximum absolute atomic E-state index is 4.89. The first-order chi connectivity index (χ1) is 12.2. The highest BCUT2D eigenvalue weighted by molar-refractivity contribution is 5.76. The van der Waals surface area contributed by atoms with Crippen LogP contribution in [0.5, 0.6) is 0 Å². The number of para-hydroxylation sites is 2. The van der Waals surface area contributed by atoms with E-state index in [-0.39, 0.29) is 0 Å². The van der Waals surface area contributed by atoms with Gasteiger partial charge in [-0.1, -0.05) is 35.9 Å². The van der Waals surface area contributed by atoms with E-state index in [2.05, 4.69) is 70.8 Å². The van der Waals surface area contributed by atoms with Crippen LogP contribution in [0.15, 0.2) is 55.0 Å². The molecule has 2 aromatic heterocycles. The number of aryl methyl sites for hydroxylation is 4. The Morgan fingerprint density at radius 1 is 1.04 bits per heavy atom. The zero-order chi connectivity index (χ0) is 17.2. The number of aromatic amines is 1. The third-order valence-corrected chi connectivity index (χ3v) is 4.73. The molecule has 0 amide bonds. The van der Waals surface area contributed by atoms with Gasteiger partial charge in [0.15, 0.2) is 0 Å². The van der Waals surface area contributed by atoms with Crippen molar-refractivity contribution in [1.82, 2.24) is 19.5 Å². The average molecular weight is 330 g/mol. The fraction of sp³-hybridized carbons (Fsp3) is 0.238. The van der Waals surface area contributed by atoms with Crippen molar-refractivity contribution < 1.29 is 0 Å². The van der Waals surface area contributed by atoms with Crippen molar-refractivity contribution in [1.29, 1.82) is 0 Å². The van der Waals surface area contributed by atoms with Gasteiger partial charge in [0.25, 0.3) is 0 Å². The Balaban J connectivity index is 1.72. The third kappa shape index (κ3) is 3.20. The van der Waals surface area contributed by atoms with E-state index in [1.165, 1.54) is 22.2 Å². The molecule has 126 valence electrons. The number of rotatable bonds is 5. The molecule has 0 atom stereocenters. The standard InChI is InChI=1S/C21H22N4/c1-15-7-8-16(2)17(11-15)13-25-20-6-4-3-5-19(20)24-21(25)10-9-18-12-22-14-23-18/h3-8,11-12,14H,9-10,13H2,1-2H3,(H,22,23). The first kappa shape index (κ1) is 15.6. The molecule has 1 N–H and O–H groups in total. The molecular weight excluding hydrogens is 308 g/mol. The Morgan fingerprint density at radius 3 is 2.76 bits per heavy atom. The second-order valence-electron chi connectivity index (χ2n) is 6.59. The first-order valence-corrected chi connectivity index (χ1v) is 8.68. The molecule has 0 aliphatic heterocycles. The predicted octanol–water partition coefficient (Wildman–Crippen LogP) is 4.21. The number of aromatic nitrogens is 4. The summed E-state index contributed by atoms with van der Waals surface area (Å²) in [6.45, 7) is 5.18. The van der Waals surface area contributed by atoms with E-state index >= 15 is 0 Å². The van der Waals surface area contributed by atoms with Crippen LogP contribution in [-0.4, -0.2) is 19.5 Å². The number of nitrogens with zero attached hydrogens (tertiary/aromatic N) is 3. The molecule has 0 bridgehead atoms. The average Bonchev–Trinajstić information content (AvgIpc) is 3.24. The Hall–Kier alpha value is -2.88. The number of nitrogens with one attached hydrogen (secondary N) is 1. The smallest absolute Gasteiger partial charge is 0.110 e. The summed E-state index contributed by atoms with van der Waals surface area (Å²) in [5.74, 6) is 1.12. The molecule has 0 aliphatic carbocycles. The normalized spacial score (nSPS) is 11.3. The second kappa shape index (κ2) is 6.55.